The number of ether oxygens (including phenoxy) is 2. The van der Waals surface area contributed by atoms with Gasteiger partial charge >= 0.3 is 0 Å². The summed E-state index contributed by atoms with van der Waals surface area (Å²) in [4.78, 5) is 27.6. The maximum absolute atomic E-state index is 13.2. The van der Waals surface area contributed by atoms with Crippen molar-refractivity contribution >= 4 is 35.0 Å². The Balaban J connectivity index is 1.74. The Hall–Kier alpha value is -2.44. The molecule has 2 amide bonds. The zero-order chi connectivity index (χ0) is 23.3. The van der Waals surface area contributed by atoms with Crippen molar-refractivity contribution in [3.8, 4) is 11.5 Å². The first-order chi connectivity index (χ1) is 15.3. The number of benzene rings is 2. The molecule has 0 unspecified atom stereocenters. The van der Waals surface area contributed by atoms with Gasteiger partial charge in [-0.2, -0.15) is 0 Å². The number of nitrogens with zero attached hydrogens (tertiary/aromatic N) is 1. The third-order valence-corrected chi connectivity index (χ3v) is 6.31. The van der Waals surface area contributed by atoms with Crippen LogP contribution in [0.5, 0.6) is 11.5 Å². The van der Waals surface area contributed by atoms with Gasteiger partial charge in [0.25, 0.3) is 0 Å². The maximum Gasteiger partial charge on any atom is 0.242 e. The SMILES string of the molecule is CC[C@H](C)NC(=O)[C@@H](C)N(Cc1ccc(Cl)c(Cl)c1)C(=O)CCc1ccc2c(c1)OCO2. The average molecular weight is 479 g/mol. The van der Waals surface area contributed by atoms with Gasteiger partial charge in [0, 0.05) is 19.0 Å². The molecule has 1 N–H and O–H groups in total. The highest BCUT2D eigenvalue weighted by atomic mass is 35.5. The van der Waals surface area contributed by atoms with Crippen molar-refractivity contribution in [3.05, 3.63) is 57.6 Å². The fourth-order valence-corrected chi connectivity index (χ4v) is 3.69. The lowest BCUT2D eigenvalue weighted by Crippen LogP contribution is -2.49. The molecular weight excluding hydrogens is 451 g/mol. The van der Waals surface area contributed by atoms with Crippen molar-refractivity contribution < 1.29 is 19.1 Å². The minimum absolute atomic E-state index is 0.0283. The highest BCUT2D eigenvalue weighted by molar-refractivity contribution is 6.42. The van der Waals surface area contributed by atoms with Gasteiger partial charge in [0.2, 0.25) is 18.6 Å². The Morgan fingerprint density at radius 2 is 1.75 bits per heavy atom. The fourth-order valence-electron chi connectivity index (χ4n) is 3.37. The van der Waals surface area contributed by atoms with E-state index in [1.807, 2.05) is 38.1 Å². The van der Waals surface area contributed by atoms with Gasteiger partial charge in [-0.15, -0.1) is 0 Å². The molecule has 1 aliphatic heterocycles. The van der Waals surface area contributed by atoms with Crippen LogP contribution in [0.25, 0.3) is 0 Å². The molecule has 2 atom stereocenters. The van der Waals surface area contributed by atoms with E-state index in [1.54, 1.807) is 24.0 Å². The van der Waals surface area contributed by atoms with Crippen LogP contribution in [0.15, 0.2) is 36.4 Å². The van der Waals surface area contributed by atoms with E-state index >= 15 is 0 Å². The molecule has 0 spiro atoms. The Labute approximate surface area is 198 Å². The summed E-state index contributed by atoms with van der Waals surface area (Å²) in [6, 6.07) is 10.3. The Kier molecular flexibility index (Phi) is 8.26. The Morgan fingerprint density at radius 1 is 1.03 bits per heavy atom. The second kappa shape index (κ2) is 10.9. The number of amides is 2. The van der Waals surface area contributed by atoms with Gasteiger partial charge in [-0.3, -0.25) is 9.59 Å². The largest absolute Gasteiger partial charge is 0.454 e. The highest BCUT2D eigenvalue weighted by Gasteiger charge is 2.27. The van der Waals surface area contributed by atoms with E-state index in [0.29, 0.717) is 28.0 Å². The van der Waals surface area contributed by atoms with Crippen molar-refractivity contribution in [3.63, 3.8) is 0 Å². The predicted octanol–water partition coefficient (Wildman–Crippen LogP) is 4.99. The van der Waals surface area contributed by atoms with Gasteiger partial charge in [0.15, 0.2) is 11.5 Å². The number of fused-ring (bicyclic) bond motifs is 1. The van der Waals surface area contributed by atoms with E-state index in [-0.39, 0.29) is 37.6 Å². The lowest BCUT2D eigenvalue weighted by molar-refractivity contribution is -0.140. The lowest BCUT2D eigenvalue weighted by Gasteiger charge is -2.30. The van der Waals surface area contributed by atoms with Crippen LogP contribution in [0.4, 0.5) is 0 Å². The third kappa shape index (κ3) is 6.08. The Morgan fingerprint density at radius 3 is 2.47 bits per heavy atom. The summed E-state index contributed by atoms with van der Waals surface area (Å²) in [7, 11) is 0. The molecule has 2 aromatic rings. The normalized spacial score (nSPS) is 14.0. The molecule has 32 heavy (non-hydrogen) atoms. The van der Waals surface area contributed by atoms with Crippen LogP contribution in [-0.4, -0.2) is 35.6 Å². The van der Waals surface area contributed by atoms with Crippen LogP contribution in [0.3, 0.4) is 0 Å². The highest BCUT2D eigenvalue weighted by Crippen LogP contribution is 2.33. The quantitative estimate of drug-likeness (QED) is 0.551. The number of hydrogen-bond donors (Lipinski definition) is 1. The molecule has 0 radical (unpaired) electrons. The van der Waals surface area contributed by atoms with Crippen LogP contribution in [0.2, 0.25) is 10.0 Å². The van der Waals surface area contributed by atoms with Crippen LogP contribution in [0.1, 0.15) is 44.7 Å². The number of hydrogen-bond acceptors (Lipinski definition) is 4. The molecule has 3 rings (SSSR count). The molecule has 1 aliphatic rings. The van der Waals surface area contributed by atoms with Gasteiger partial charge in [-0.1, -0.05) is 42.3 Å². The van der Waals surface area contributed by atoms with E-state index in [4.69, 9.17) is 32.7 Å². The molecule has 0 aromatic heterocycles. The zero-order valence-electron chi connectivity index (χ0n) is 18.5. The summed E-state index contributed by atoms with van der Waals surface area (Å²) in [6.45, 7) is 6.15. The van der Waals surface area contributed by atoms with Crippen LogP contribution in [-0.2, 0) is 22.6 Å². The number of carbonyl (C=O) groups excluding carboxylic acids is 2. The predicted molar refractivity (Wildman–Crippen MR) is 125 cm³/mol. The average Bonchev–Trinajstić information content (AvgIpc) is 3.25. The zero-order valence-corrected chi connectivity index (χ0v) is 20.0. The van der Waals surface area contributed by atoms with E-state index < -0.39 is 6.04 Å². The monoisotopic (exact) mass is 478 g/mol. The van der Waals surface area contributed by atoms with Gasteiger partial charge in [0.05, 0.1) is 10.0 Å². The van der Waals surface area contributed by atoms with E-state index in [0.717, 1.165) is 17.5 Å². The van der Waals surface area contributed by atoms with Crippen molar-refractivity contribution in [1.29, 1.82) is 0 Å². The summed E-state index contributed by atoms with van der Waals surface area (Å²) >= 11 is 12.2. The first kappa shape index (κ1) is 24.2. The molecule has 0 aliphatic carbocycles. The molecule has 8 heteroatoms. The van der Waals surface area contributed by atoms with Crippen LogP contribution < -0.4 is 14.8 Å². The molecule has 172 valence electrons. The summed E-state index contributed by atoms with van der Waals surface area (Å²) in [5.41, 5.74) is 1.77. The third-order valence-electron chi connectivity index (χ3n) is 5.57. The molecule has 0 saturated carbocycles. The number of rotatable bonds is 9. The van der Waals surface area contributed by atoms with E-state index in [2.05, 4.69) is 5.32 Å². The summed E-state index contributed by atoms with van der Waals surface area (Å²) < 4.78 is 10.8. The topological polar surface area (TPSA) is 67.9 Å². The number of nitrogens with one attached hydrogen (secondary N) is 1. The molecule has 6 nitrogen and oxygen atoms in total. The first-order valence-electron chi connectivity index (χ1n) is 10.7. The summed E-state index contributed by atoms with van der Waals surface area (Å²) in [6.07, 6.45) is 1.58. The summed E-state index contributed by atoms with van der Waals surface area (Å²) in [5, 5.41) is 3.82. The minimum atomic E-state index is -0.636. The van der Waals surface area contributed by atoms with Crippen LogP contribution >= 0.6 is 23.2 Å². The second-order valence-electron chi connectivity index (χ2n) is 7.95. The van der Waals surface area contributed by atoms with Crippen molar-refractivity contribution in [2.75, 3.05) is 6.79 Å². The van der Waals surface area contributed by atoms with Gasteiger partial charge < -0.3 is 19.7 Å². The minimum Gasteiger partial charge on any atom is -0.454 e. The number of aryl methyl sites for hydroxylation is 1. The van der Waals surface area contributed by atoms with Crippen LogP contribution in [0, 0.1) is 0 Å². The van der Waals surface area contributed by atoms with E-state index in [1.165, 1.54) is 0 Å². The molecular formula is C24H28Cl2N2O4. The lowest BCUT2D eigenvalue weighted by atomic mass is 10.1. The van der Waals surface area contributed by atoms with Crippen molar-refractivity contribution in [2.45, 2.75) is 58.7 Å². The molecule has 2 aromatic carbocycles. The van der Waals surface area contributed by atoms with E-state index in [9.17, 15) is 9.59 Å². The first-order valence-corrected chi connectivity index (χ1v) is 11.5. The Bertz CT molecular complexity index is 982. The number of carbonyl (C=O) groups is 2. The standard InChI is InChI=1S/C24H28Cl2N2O4/c1-4-15(2)27-24(30)16(3)28(13-18-5-8-19(25)20(26)11-18)23(29)10-7-17-6-9-21-22(12-17)32-14-31-21/h5-6,8-9,11-12,15-16H,4,7,10,13-14H2,1-3H3,(H,27,30)/t15-,16+/m0/s1. The second-order valence-corrected chi connectivity index (χ2v) is 8.77. The van der Waals surface area contributed by atoms with Gasteiger partial charge in [0.1, 0.15) is 6.04 Å². The smallest absolute Gasteiger partial charge is 0.242 e. The summed E-state index contributed by atoms with van der Waals surface area (Å²) in [5.74, 6) is 1.08. The van der Waals surface area contributed by atoms with Crippen molar-refractivity contribution in [2.24, 2.45) is 0 Å². The molecule has 0 fully saturated rings. The maximum atomic E-state index is 13.2. The molecule has 1 heterocycles. The van der Waals surface area contributed by atoms with Gasteiger partial charge in [-0.25, -0.2) is 0 Å². The molecule has 0 bridgehead atoms. The molecule has 0 saturated heterocycles. The van der Waals surface area contributed by atoms with Crippen molar-refractivity contribution in [1.82, 2.24) is 10.2 Å². The number of halogens is 2. The van der Waals surface area contributed by atoms with Gasteiger partial charge in [-0.05, 0) is 62.1 Å². The fraction of sp³-hybridized carbons (Fsp3) is 0.417.